The van der Waals surface area contributed by atoms with Gasteiger partial charge in [0.25, 0.3) is 0 Å². The van der Waals surface area contributed by atoms with Crippen LogP contribution in [0.1, 0.15) is 24.4 Å². The molecule has 3 heteroatoms. The number of ether oxygens (including phenoxy) is 1. The zero-order valence-electron chi connectivity index (χ0n) is 11.5. The van der Waals surface area contributed by atoms with Crippen molar-refractivity contribution in [3.8, 4) is 5.75 Å². The molecule has 0 saturated heterocycles. The third kappa shape index (κ3) is 2.77. The van der Waals surface area contributed by atoms with Crippen LogP contribution in [0.5, 0.6) is 5.75 Å². The predicted octanol–water partition coefficient (Wildman–Crippen LogP) is 4.40. The first-order chi connectivity index (χ1) is 9.78. The minimum absolute atomic E-state index is 0.194. The van der Waals surface area contributed by atoms with Crippen molar-refractivity contribution in [2.75, 3.05) is 12.4 Å². The van der Waals surface area contributed by atoms with E-state index in [0.29, 0.717) is 5.92 Å². The average Bonchev–Trinajstić information content (AvgIpc) is 3.31. The summed E-state index contributed by atoms with van der Waals surface area (Å²) in [4.78, 5) is 0. The van der Waals surface area contributed by atoms with Crippen LogP contribution >= 0.6 is 0 Å². The van der Waals surface area contributed by atoms with Gasteiger partial charge in [0.05, 0.1) is 18.8 Å². The highest BCUT2D eigenvalue weighted by molar-refractivity contribution is 5.57. The number of anilines is 1. The molecule has 3 rings (SSSR count). The molecular weight excluding hydrogens is 253 g/mol. The summed E-state index contributed by atoms with van der Waals surface area (Å²) in [6, 6.07) is 14.9. The van der Waals surface area contributed by atoms with E-state index in [1.54, 1.807) is 7.11 Å². The van der Waals surface area contributed by atoms with Crippen molar-refractivity contribution in [1.29, 1.82) is 0 Å². The molecule has 0 spiro atoms. The van der Waals surface area contributed by atoms with E-state index in [1.807, 2.05) is 36.4 Å². The molecule has 1 aliphatic rings. The molecule has 0 bridgehead atoms. The lowest BCUT2D eigenvalue weighted by Crippen LogP contribution is -2.13. The molecule has 2 aromatic carbocycles. The fraction of sp³-hybridized carbons (Fsp3) is 0.294. The first-order valence-electron chi connectivity index (χ1n) is 6.93. The molecule has 0 heterocycles. The minimum Gasteiger partial charge on any atom is -0.495 e. The summed E-state index contributed by atoms with van der Waals surface area (Å²) in [5.41, 5.74) is 2.11. The summed E-state index contributed by atoms with van der Waals surface area (Å²) in [5, 5.41) is 3.55. The normalized spacial score (nSPS) is 15.7. The van der Waals surface area contributed by atoms with Gasteiger partial charge in [-0.05, 0) is 48.6 Å². The van der Waals surface area contributed by atoms with Crippen LogP contribution in [0.25, 0.3) is 0 Å². The average molecular weight is 271 g/mol. The minimum atomic E-state index is -0.194. The third-order valence-corrected chi connectivity index (χ3v) is 3.74. The summed E-state index contributed by atoms with van der Waals surface area (Å²) >= 11 is 0. The van der Waals surface area contributed by atoms with Gasteiger partial charge in [-0.2, -0.15) is 0 Å². The van der Waals surface area contributed by atoms with E-state index in [-0.39, 0.29) is 11.9 Å². The molecule has 0 aromatic heterocycles. The molecule has 1 fully saturated rings. The predicted molar refractivity (Wildman–Crippen MR) is 78.5 cm³/mol. The van der Waals surface area contributed by atoms with Crippen LogP contribution in [0.2, 0.25) is 0 Å². The molecule has 0 amide bonds. The molecule has 20 heavy (non-hydrogen) atoms. The van der Waals surface area contributed by atoms with Crippen molar-refractivity contribution in [3.63, 3.8) is 0 Å². The smallest absolute Gasteiger partial charge is 0.141 e. The van der Waals surface area contributed by atoms with E-state index in [0.717, 1.165) is 17.0 Å². The Morgan fingerprint density at radius 2 is 1.80 bits per heavy atom. The largest absolute Gasteiger partial charge is 0.495 e. The van der Waals surface area contributed by atoms with Crippen LogP contribution < -0.4 is 10.1 Å². The van der Waals surface area contributed by atoms with Crippen LogP contribution in [0.4, 0.5) is 10.1 Å². The molecule has 104 valence electrons. The second kappa shape index (κ2) is 5.53. The topological polar surface area (TPSA) is 21.3 Å². The Morgan fingerprint density at radius 1 is 1.10 bits per heavy atom. The van der Waals surface area contributed by atoms with E-state index in [9.17, 15) is 4.39 Å². The zero-order valence-corrected chi connectivity index (χ0v) is 11.5. The molecule has 0 aliphatic heterocycles. The maximum Gasteiger partial charge on any atom is 0.141 e. The van der Waals surface area contributed by atoms with E-state index in [1.165, 1.54) is 25.0 Å². The Balaban J connectivity index is 1.86. The monoisotopic (exact) mass is 271 g/mol. The van der Waals surface area contributed by atoms with E-state index in [2.05, 4.69) is 5.32 Å². The van der Waals surface area contributed by atoms with Crippen LogP contribution in [-0.2, 0) is 0 Å². The Morgan fingerprint density at radius 3 is 2.45 bits per heavy atom. The number of rotatable bonds is 5. The molecule has 2 nitrogen and oxygen atoms in total. The van der Waals surface area contributed by atoms with Gasteiger partial charge in [0.2, 0.25) is 0 Å². The van der Waals surface area contributed by atoms with Crippen molar-refractivity contribution in [1.82, 2.24) is 0 Å². The molecule has 1 aliphatic carbocycles. The van der Waals surface area contributed by atoms with E-state index in [4.69, 9.17) is 4.74 Å². The fourth-order valence-corrected chi connectivity index (χ4v) is 2.50. The highest BCUT2D eigenvalue weighted by Gasteiger charge is 2.32. The first-order valence-corrected chi connectivity index (χ1v) is 6.93. The fourth-order valence-electron chi connectivity index (χ4n) is 2.50. The number of hydrogen-bond acceptors (Lipinski definition) is 2. The summed E-state index contributed by atoms with van der Waals surface area (Å²) in [7, 11) is 1.67. The van der Waals surface area contributed by atoms with Crippen molar-refractivity contribution < 1.29 is 9.13 Å². The molecule has 1 N–H and O–H groups in total. The first kappa shape index (κ1) is 13.0. The molecule has 1 atom stereocenters. The zero-order chi connectivity index (χ0) is 13.9. The molecule has 1 unspecified atom stereocenters. The van der Waals surface area contributed by atoms with Crippen molar-refractivity contribution >= 4 is 5.69 Å². The number of halogens is 1. The quantitative estimate of drug-likeness (QED) is 0.870. The second-order valence-corrected chi connectivity index (χ2v) is 5.21. The Kier molecular flexibility index (Phi) is 3.59. The van der Waals surface area contributed by atoms with E-state index < -0.39 is 0 Å². The van der Waals surface area contributed by atoms with Gasteiger partial charge in [-0.25, -0.2) is 4.39 Å². The summed E-state index contributed by atoms with van der Waals surface area (Å²) in [6.07, 6.45) is 2.42. The van der Waals surface area contributed by atoms with Crippen LogP contribution in [0.15, 0.2) is 48.5 Å². The lowest BCUT2D eigenvalue weighted by atomic mass is 10.0. The number of para-hydroxylation sites is 2. The number of nitrogens with one attached hydrogen (secondary N) is 1. The van der Waals surface area contributed by atoms with Gasteiger partial charge in [-0.15, -0.1) is 0 Å². The maximum absolute atomic E-state index is 13.1. The summed E-state index contributed by atoms with van der Waals surface area (Å²) in [6.45, 7) is 0. The second-order valence-electron chi connectivity index (χ2n) is 5.21. The van der Waals surface area contributed by atoms with Crippen molar-refractivity contribution in [2.24, 2.45) is 5.92 Å². The number of benzene rings is 2. The van der Waals surface area contributed by atoms with Crippen molar-refractivity contribution in [2.45, 2.75) is 18.9 Å². The van der Waals surface area contributed by atoms with Gasteiger partial charge < -0.3 is 10.1 Å². The van der Waals surface area contributed by atoms with Crippen LogP contribution in [0.3, 0.4) is 0 Å². The third-order valence-electron chi connectivity index (χ3n) is 3.74. The van der Waals surface area contributed by atoms with Gasteiger partial charge in [0.15, 0.2) is 0 Å². The lowest BCUT2D eigenvalue weighted by molar-refractivity contribution is 0.415. The standard InChI is InChI=1S/C17H18FNO/c1-20-16-5-3-2-4-15(16)19-17(12-6-7-12)13-8-10-14(18)11-9-13/h2-5,8-12,17,19H,6-7H2,1H3. The van der Waals surface area contributed by atoms with Crippen LogP contribution in [0, 0.1) is 11.7 Å². The summed E-state index contributed by atoms with van der Waals surface area (Å²) in [5.74, 6) is 1.26. The van der Waals surface area contributed by atoms with Gasteiger partial charge >= 0.3 is 0 Å². The van der Waals surface area contributed by atoms with Gasteiger partial charge in [0.1, 0.15) is 11.6 Å². The van der Waals surface area contributed by atoms with Gasteiger partial charge in [0, 0.05) is 0 Å². The molecule has 2 aromatic rings. The lowest BCUT2D eigenvalue weighted by Gasteiger charge is -2.21. The summed E-state index contributed by atoms with van der Waals surface area (Å²) < 4.78 is 18.5. The van der Waals surface area contributed by atoms with Gasteiger partial charge in [-0.3, -0.25) is 0 Å². The highest BCUT2D eigenvalue weighted by Crippen LogP contribution is 2.43. The SMILES string of the molecule is COc1ccccc1NC(c1ccc(F)cc1)C1CC1. The number of methoxy groups -OCH3 is 1. The van der Waals surface area contributed by atoms with Crippen LogP contribution in [-0.4, -0.2) is 7.11 Å². The Bertz CT molecular complexity index is 578. The Labute approximate surface area is 118 Å². The van der Waals surface area contributed by atoms with Crippen molar-refractivity contribution in [3.05, 3.63) is 59.9 Å². The Hall–Kier alpha value is -2.03. The number of hydrogen-bond donors (Lipinski definition) is 1. The molecule has 1 saturated carbocycles. The van der Waals surface area contributed by atoms with Gasteiger partial charge in [-0.1, -0.05) is 24.3 Å². The molecular formula is C17H18FNO. The highest BCUT2D eigenvalue weighted by atomic mass is 19.1. The van der Waals surface area contributed by atoms with E-state index >= 15 is 0 Å². The maximum atomic E-state index is 13.1. The molecule has 0 radical (unpaired) electrons.